The average molecular weight is 265 g/mol. The maximum Gasteiger partial charge on any atom is 0.214 e. The first-order valence-corrected chi connectivity index (χ1v) is 6.95. The molecule has 2 fully saturated rings. The Hall–Kier alpha value is -1.20. The second-order valence-corrected chi connectivity index (χ2v) is 5.37. The van der Waals surface area contributed by atoms with Gasteiger partial charge in [0.25, 0.3) is 0 Å². The highest BCUT2D eigenvalue weighted by atomic mass is 19.1. The van der Waals surface area contributed by atoms with Crippen LogP contribution in [-0.4, -0.2) is 54.8 Å². The van der Waals surface area contributed by atoms with E-state index < -0.39 is 5.95 Å². The fourth-order valence-electron chi connectivity index (χ4n) is 3.03. The summed E-state index contributed by atoms with van der Waals surface area (Å²) in [7, 11) is 0. The van der Waals surface area contributed by atoms with E-state index in [1.54, 1.807) is 6.07 Å². The number of aromatic nitrogens is 1. The molecule has 104 valence electrons. The van der Waals surface area contributed by atoms with Gasteiger partial charge in [-0.15, -0.1) is 0 Å². The molecule has 3 rings (SSSR count). The highest BCUT2D eigenvalue weighted by molar-refractivity contribution is 5.40. The van der Waals surface area contributed by atoms with E-state index in [1.165, 1.54) is 6.07 Å². The highest BCUT2D eigenvalue weighted by Gasteiger charge is 2.30. The van der Waals surface area contributed by atoms with E-state index in [0.717, 1.165) is 45.1 Å². The lowest BCUT2D eigenvalue weighted by molar-refractivity contribution is 0.128. The summed E-state index contributed by atoms with van der Waals surface area (Å²) < 4.78 is 18.7. The van der Waals surface area contributed by atoms with E-state index in [4.69, 9.17) is 4.74 Å². The SMILES string of the molecule is CC1CN(C2CCOC2)CCN1c1cccc(F)n1. The molecule has 2 aliphatic heterocycles. The molecule has 2 saturated heterocycles. The Morgan fingerprint density at radius 2 is 2.26 bits per heavy atom. The number of hydrogen-bond donors (Lipinski definition) is 0. The highest BCUT2D eigenvalue weighted by Crippen LogP contribution is 2.22. The van der Waals surface area contributed by atoms with Crippen molar-refractivity contribution in [3.63, 3.8) is 0 Å². The number of rotatable bonds is 2. The van der Waals surface area contributed by atoms with E-state index in [-0.39, 0.29) is 0 Å². The van der Waals surface area contributed by atoms with Gasteiger partial charge in [-0.05, 0) is 25.5 Å². The van der Waals surface area contributed by atoms with Crippen LogP contribution in [0, 0.1) is 5.95 Å². The minimum Gasteiger partial charge on any atom is -0.380 e. The van der Waals surface area contributed by atoms with Gasteiger partial charge in [0.05, 0.1) is 6.61 Å². The molecular formula is C14H20FN3O. The summed E-state index contributed by atoms with van der Waals surface area (Å²) in [5.41, 5.74) is 0. The van der Waals surface area contributed by atoms with Crippen molar-refractivity contribution in [1.29, 1.82) is 0 Å². The van der Waals surface area contributed by atoms with Crippen LogP contribution in [0.4, 0.5) is 10.2 Å². The van der Waals surface area contributed by atoms with Gasteiger partial charge >= 0.3 is 0 Å². The topological polar surface area (TPSA) is 28.6 Å². The molecule has 0 amide bonds. The first-order chi connectivity index (χ1) is 9.24. The molecule has 1 aromatic heterocycles. The van der Waals surface area contributed by atoms with Crippen LogP contribution in [0.25, 0.3) is 0 Å². The maximum absolute atomic E-state index is 13.2. The van der Waals surface area contributed by atoms with E-state index in [2.05, 4.69) is 21.7 Å². The summed E-state index contributed by atoms with van der Waals surface area (Å²) in [4.78, 5) is 8.67. The quantitative estimate of drug-likeness (QED) is 0.758. The van der Waals surface area contributed by atoms with Crippen LogP contribution in [0.1, 0.15) is 13.3 Å². The number of nitrogens with zero attached hydrogens (tertiary/aromatic N) is 3. The van der Waals surface area contributed by atoms with Crippen molar-refractivity contribution >= 4 is 5.82 Å². The summed E-state index contributed by atoms with van der Waals surface area (Å²) in [6.07, 6.45) is 1.13. The Morgan fingerprint density at radius 3 is 2.95 bits per heavy atom. The standard InChI is InChI=1S/C14H20FN3O/c1-11-9-17(12-5-8-19-10-12)6-7-18(11)14-4-2-3-13(15)16-14/h2-4,11-12H,5-10H2,1H3. The zero-order chi connectivity index (χ0) is 13.2. The predicted molar refractivity (Wildman–Crippen MR) is 71.8 cm³/mol. The van der Waals surface area contributed by atoms with E-state index in [9.17, 15) is 4.39 Å². The zero-order valence-corrected chi connectivity index (χ0v) is 11.3. The lowest BCUT2D eigenvalue weighted by atomic mass is 10.1. The van der Waals surface area contributed by atoms with Gasteiger partial charge in [-0.1, -0.05) is 6.07 Å². The van der Waals surface area contributed by atoms with Crippen molar-refractivity contribution in [1.82, 2.24) is 9.88 Å². The van der Waals surface area contributed by atoms with E-state index in [1.807, 2.05) is 6.07 Å². The minimum atomic E-state index is -0.406. The number of piperazine rings is 1. The molecule has 2 unspecified atom stereocenters. The van der Waals surface area contributed by atoms with Gasteiger partial charge in [0.15, 0.2) is 0 Å². The number of ether oxygens (including phenoxy) is 1. The predicted octanol–water partition coefficient (Wildman–Crippen LogP) is 1.52. The Labute approximate surface area is 113 Å². The fourth-order valence-corrected chi connectivity index (χ4v) is 3.03. The first-order valence-electron chi connectivity index (χ1n) is 6.95. The summed E-state index contributed by atoms with van der Waals surface area (Å²) in [6, 6.07) is 5.91. The summed E-state index contributed by atoms with van der Waals surface area (Å²) in [5.74, 6) is 0.339. The molecule has 0 spiro atoms. The Bertz CT molecular complexity index is 436. The molecule has 0 N–H and O–H groups in total. The van der Waals surface area contributed by atoms with Gasteiger partial charge in [0.1, 0.15) is 5.82 Å². The molecular weight excluding hydrogens is 245 g/mol. The van der Waals surface area contributed by atoms with Crippen LogP contribution < -0.4 is 4.90 Å². The molecule has 4 nitrogen and oxygen atoms in total. The van der Waals surface area contributed by atoms with Crippen molar-refractivity contribution in [2.45, 2.75) is 25.4 Å². The number of anilines is 1. The number of hydrogen-bond acceptors (Lipinski definition) is 4. The summed E-state index contributed by atoms with van der Waals surface area (Å²) >= 11 is 0. The fraction of sp³-hybridized carbons (Fsp3) is 0.643. The molecule has 5 heteroatoms. The first kappa shape index (κ1) is 12.8. The summed E-state index contributed by atoms with van der Waals surface area (Å²) in [5, 5.41) is 0. The largest absolute Gasteiger partial charge is 0.380 e. The van der Waals surface area contributed by atoms with Crippen LogP contribution >= 0.6 is 0 Å². The van der Waals surface area contributed by atoms with Crippen molar-refractivity contribution in [2.75, 3.05) is 37.7 Å². The van der Waals surface area contributed by atoms with Crippen LogP contribution in [0.2, 0.25) is 0 Å². The van der Waals surface area contributed by atoms with Gasteiger partial charge in [-0.25, -0.2) is 4.98 Å². The average Bonchev–Trinajstić information content (AvgIpc) is 2.92. The molecule has 19 heavy (non-hydrogen) atoms. The lowest BCUT2D eigenvalue weighted by Crippen LogP contribution is -2.55. The molecule has 3 heterocycles. The zero-order valence-electron chi connectivity index (χ0n) is 11.3. The molecule has 2 aliphatic rings. The van der Waals surface area contributed by atoms with Crippen LogP contribution in [0.5, 0.6) is 0 Å². The van der Waals surface area contributed by atoms with Gasteiger partial charge < -0.3 is 9.64 Å². The molecule has 2 atom stereocenters. The third kappa shape index (κ3) is 2.72. The Morgan fingerprint density at radius 1 is 1.37 bits per heavy atom. The van der Waals surface area contributed by atoms with E-state index >= 15 is 0 Å². The monoisotopic (exact) mass is 265 g/mol. The van der Waals surface area contributed by atoms with E-state index in [0.29, 0.717) is 12.1 Å². The van der Waals surface area contributed by atoms with Crippen molar-refractivity contribution < 1.29 is 9.13 Å². The van der Waals surface area contributed by atoms with Crippen molar-refractivity contribution in [3.05, 3.63) is 24.1 Å². The molecule has 0 aliphatic carbocycles. The smallest absolute Gasteiger partial charge is 0.214 e. The van der Waals surface area contributed by atoms with Crippen LogP contribution in [0.3, 0.4) is 0 Å². The third-order valence-electron chi connectivity index (χ3n) is 4.08. The number of pyridine rings is 1. The Balaban J connectivity index is 1.67. The van der Waals surface area contributed by atoms with Crippen LogP contribution in [-0.2, 0) is 4.74 Å². The van der Waals surface area contributed by atoms with Gasteiger partial charge in [-0.2, -0.15) is 4.39 Å². The normalized spacial score (nSPS) is 28.8. The lowest BCUT2D eigenvalue weighted by Gasteiger charge is -2.42. The van der Waals surface area contributed by atoms with Gasteiger partial charge in [0.2, 0.25) is 5.95 Å². The van der Waals surface area contributed by atoms with Gasteiger partial charge in [-0.3, -0.25) is 4.90 Å². The van der Waals surface area contributed by atoms with Gasteiger partial charge in [0, 0.05) is 38.3 Å². The molecule has 0 radical (unpaired) electrons. The van der Waals surface area contributed by atoms with Crippen molar-refractivity contribution in [2.24, 2.45) is 0 Å². The molecule has 1 aromatic rings. The van der Waals surface area contributed by atoms with Crippen LogP contribution in [0.15, 0.2) is 18.2 Å². The second-order valence-electron chi connectivity index (χ2n) is 5.37. The maximum atomic E-state index is 13.2. The molecule has 0 saturated carbocycles. The summed E-state index contributed by atoms with van der Waals surface area (Å²) in [6.45, 7) is 6.79. The number of halogens is 1. The molecule has 0 bridgehead atoms. The molecule has 0 aromatic carbocycles. The third-order valence-corrected chi connectivity index (χ3v) is 4.08. The second kappa shape index (κ2) is 5.43. The van der Waals surface area contributed by atoms with Crippen molar-refractivity contribution in [3.8, 4) is 0 Å². The minimum absolute atomic E-state index is 0.351. The Kier molecular flexibility index (Phi) is 3.66.